The van der Waals surface area contributed by atoms with Crippen LogP contribution in [-0.4, -0.2) is 0 Å². The number of benzene rings is 2. The molecule has 0 saturated heterocycles. The smallest absolute Gasteiger partial charge is 0.127 e. The molecule has 0 saturated carbocycles. The highest BCUT2D eigenvalue weighted by Gasteiger charge is 2.17. The van der Waals surface area contributed by atoms with E-state index >= 15 is 0 Å². The first-order valence-electron chi connectivity index (χ1n) is 6.88. The van der Waals surface area contributed by atoms with Gasteiger partial charge in [-0.15, -0.1) is 0 Å². The topological polar surface area (TPSA) is 12.0 Å². The predicted molar refractivity (Wildman–Crippen MR) is 82.4 cm³/mol. The average Bonchev–Trinajstić information content (AvgIpc) is 2.46. The summed E-state index contributed by atoms with van der Waals surface area (Å²) >= 11 is 6.21. The maximum Gasteiger partial charge on any atom is 0.127 e. The molecule has 2 rings (SSSR count). The quantitative estimate of drug-likeness (QED) is 0.790. The van der Waals surface area contributed by atoms with Crippen molar-refractivity contribution in [3.8, 4) is 0 Å². The molecule has 0 aromatic heterocycles. The highest BCUT2D eigenvalue weighted by Crippen LogP contribution is 2.27. The molecule has 0 bridgehead atoms. The molecule has 3 heteroatoms. The Hall–Kier alpha value is -1.38. The van der Waals surface area contributed by atoms with E-state index in [1.54, 1.807) is 6.07 Å². The van der Waals surface area contributed by atoms with E-state index in [0.717, 1.165) is 17.0 Å². The van der Waals surface area contributed by atoms with Crippen LogP contribution in [0.1, 0.15) is 43.5 Å². The van der Waals surface area contributed by atoms with Gasteiger partial charge in [0.25, 0.3) is 0 Å². The van der Waals surface area contributed by atoms with Crippen molar-refractivity contribution in [1.82, 2.24) is 5.32 Å². The highest BCUT2D eigenvalue weighted by molar-refractivity contribution is 6.31. The van der Waals surface area contributed by atoms with Gasteiger partial charge in [0.1, 0.15) is 5.82 Å². The van der Waals surface area contributed by atoms with Gasteiger partial charge in [-0.25, -0.2) is 4.39 Å². The minimum absolute atomic E-state index is 0.0255. The lowest BCUT2D eigenvalue weighted by molar-refractivity contribution is 0.439. The standard InChI is InChI=1S/C17H19ClFN/c1-3-17(14-9-5-7-11-16(14)19)20-12(2)13-8-4-6-10-15(13)18/h4-12,17,20H,3H2,1-2H3. The number of nitrogens with one attached hydrogen (secondary N) is 1. The zero-order chi connectivity index (χ0) is 14.5. The van der Waals surface area contributed by atoms with Crippen LogP contribution in [0.15, 0.2) is 48.5 Å². The Bertz CT molecular complexity index is 570. The van der Waals surface area contributed by atoms with E-state index in [9.17, 15) is 4.39 Å². The van der Waals surface area contributed by atoms with E-state index in [-0.39, 0.29) is 17.9 Å². The number of rotatable bonds is 5. The van der Waals surface area contributed by atoms with E-state index < -0.39 is 0 Å². The van der Waals surface area contributed by atoms with Crippen molar-refractivity contribution in [1.29, 1.82) is 0 Å². The van der Waals surface area contributed by atoms with E-state index in [4.69, 9.17) is 11.6 Å². The first-order valence-corrected chi connectivity index (χ1v) is 7.26. The molecule has 1 N–H and O–H groups in total. The van der Waals surface area contributed by atoms with E-state index in [2.05, 4.69) is 5.32 Å². The third kappa shape index (κ3) is 3.38. The van der Waals surface area contributed by atoms with Crippen molar-refractivity contribution in [3.63, 3.8) is 0 Å². The summed E-state index contributed by atoms with van der Waals surface area (Å²) in [4.78, 5) is 0. The first-order chi connectivity index (χ1) is 9.63. The van der Waals surface area contributed by atoms with Gasteiger partial charge in [-0.1, -0.05) is 54.9 Å². The summed E-state index contributed by atoms with van der Waals surface area (Å²) in [6.07, 6.45) is 0.815. The Morgan fingerprint density at radius 2 is 1.65 bits per heavy atom. The monoisotopic (exact) mass is 291 g/mol. The van der Waals surface area contributed by atoms with Crippen LogP contribution in [0.2, 0.25) is 5.02 Å². The molecular formula is C17H19ClFN. The van der Waals surface area contributed by atoms with Crippen LogP contribution in [-0.2, 0) is 0 Å². The molecule has 0 fully saturated rings. The van der Waals surface area contributed by atoms with Crippen LogP contribution in [0, 0.1) is 5.82 Å². The molecule has 0 aliphatic carbocycles. The van der Waals surface area contributed by atoms with E-state index in [1.807, 2.05) is 50.2 Å². The average molecular weight is 292 g/mol. The normalized spacial score (nSPS) is 14.0. The van der Waals surface area contributed by atoms with Crippen molar-refractivity contribution in [2.75, 3.05) is 0 Å². The van der Waals surface area contributed by atoms with Gasteiger partial charge in [0, 0.05) is 22.7 Å². The van der Waals surface area contributed by atoms with Gasteiger partial charge >= 0.3 is 0 Å². The molecule has 1 nitrogen and oxygen atoms in total. The Balaban J connectivity index is 2.19. The summed E-state index contributed by atoms with van der Waals surface area (Å²) in [5.41, 5.74) is 1.73. The van der Waals surface area contributed by atoms with Crippen molar-refractivity contribution in [2.45, 2.75) is 32.4 Å². The fourth-order valence-electron chi connectivity index (χ4n) is 2.40. The predicted octanol–water partition coefficient (Wildman–Crippen LogP) is 5.28. The maximum absolute atomic E-state index is 13.9. The van der Waals surface area contributed by atoms with E-state index in [0.29, 0.717) is 5.56 Å². The van der Waals surface area contributed by atoms with Crippen LogP contribution in [0.25, 0.3) is 0 Å². The zero-order valence-corrected chi connectivity index (χ0v) is 12.5. The highest BCUT2D eigenvalue weighted by atomic mass is 35.5. The van der Waals surface area contributed by atoms with Gasteiger partial charge in [0.05, 0.1) is 0 Å². The summed E-state index contributed by atoms with van der Waals surface area (Å²) in [6.45, 7) is 4.09. The third-order valence-corrected chi connectivity index (χ3v) is 3.86. The molecule has 0 aliphatic heterocycles. The Morgan fingerprint density at radius 1 is 1.05 bits per heavy atom. The maximum atomic E-state index is 13.9. The van der Waals surface area contributed by atoms with Gasteiger partial charge < -0.3 is 5.32 Å². The van der Waals surface area contributed by atoms with Crippen molar-refractivity contribution in [3.05, 3.63) is 70.5 Å². The molecule has 2 atom stereocenters. The van der Waals surface area contributed by atoms with Gasteiger partial charge in [0.2, 0.25) is 0 Å². The second-order valence-corrected chi connectivity index (χ2v) is 5.30. The fraction of sp³-hybridized carbons (Fsp3) is 0.294. The van der Waals surface area contributed by atoms with Crippen LogP contribution in [0.5, 0.6) is 0 Å². The molecule has 0 heterocycles. The molecule has 2 unspecified atom stereocenters. The van der Waals surface area contributed by atoms with E-state index in [1.165, 1.54) is 6.07 Å². The summed E-state index contributed by atoms with van der Waals surface area (Å²) in [5, 5.41) is 4.19. The Morgan fingerprint density at radius 3 is 2.25 bits per heavy atom. The lowest BCUT2D eigenvalue weighted by atomic mass is 10.0. The SMILES string of the molecule is CCC(NC(C)c1ccccc1Cl)c1ccccc1F. The summed E-state index contributed by atoms with van der Waals surface area (Å²) in [5.74, 6) is -0.168. The molecule has 0 aliphatic rings. The second-order valence-electron chi connectivity index (χ2n) is 4.89. The molecule has 20 heavy (non-hydrogen) atoms. The van der Waals surface area contributed by atoms with Gasteiger partial charge in [-0.3, -0.25) is 0 Å². The lowest BCUT2D eigenvalue weighted by Crippen LogP contribution is -2.25. The molecule has 0 amide bonds. The lowest BCUT2D eigenvalue weighted by Gasteiger charge is -2.24. The molecular weight excluding hydrogens is 273 g/mol. The molecule has 106 valence electrons. The summed E-state index contributed by atoms with van der Waals surface area (Å²) < 4.78 is 13.9. The van der Waals surface area contributed by atoms with Crippen LogP contribution in [0.4, 0.5) is 4.39 Å². The summed E-state index contributed by atoms with van der Waals surface area (Å²) in [7, 11) is 0. The number of hydrogen-bond donors (Lipinski definition) is 1. The van der Waals surface area contributed by atoms with Crippen molar-refractivity contribution in [2.24, 2.45) is 0 Å². The van der Waals surface area contributed by atoms with Gasteiger partial charge in [-0.2, -0.15) is 0 Å². The third-order valence-electron chi connectivity index (χ3n) is 3.51. The van der Waals surface area contributed by atoms with Crippen molar-refractivity contribution >= 4 is 11.6 Å². The van der Waals surface area contributed by atoms with Gasteiger partial charge in [-0.05, 0) is 31.0 Å². The number of halogens is 2. The molecule has 0 spiro atoms. The molecule has 2 aromatic rings. The van der Waals surface area contributed by atoms with Crippen LogP contribution in [0.3, 0.4) is 0 Å². The van der Waals surface area contributed by atoms with Crippen LogP contribution < -0.4 is 5.32 Å². The minimum Gasteiger partial charge on any atom is -0.303 e. The Kier molecular flexibility index (Phi) is 5.16. The molecule has 2 aromatic carbocycles. The second kappa shape index (κ2) is 6.87. The Labute approximate surface area is 124 Å². The van der Waals surface area contributed by atoms with Crippen LogP contribution >= 0.6 is 11.6 Å². The fourth-order valence-corrected chi connectivity index (χ4v) is 2.70. The molecule has 0 radical (unpaired) electrons. The van der Waals surface area contributed by atoms with Crippen molar-refractivity contribution < 1.29 is 4.39 Å². The van der Waals surface area contributed by atoms with Gasteiger partial charge in [0.15, 0.2) is 0 Å². The largest absolute Gasteiger partial charge is 0.303 e. The summed E-state index contributed by atoms with van der Waals surface area (Å²) in [6, 6.07) is 14.7. The minimum atomic E-state index is -0.168. The number of hydrogen-bond acceptors (Lipinski definition) is 1. The zero-order valence-electron chi connectivity index (χ0n) is 11.7. The first kappa shape index (κ1) is 15.0.